The number of hydrogen-bond donors (Lipinski definition) is 0. The Hall–Kier alpha value is -2.25. The Morgan fingerprint density at radius 3 is 2.55 bits per heavy atom. The van der Waals surface area contributed by atoms with Crippen molar-refractivity contribution in [2.24, 2.45) is 9.98 Å². The van der Waals surface area contributed by atoms with Crippen molar-refractivity contribution in [1.29, 1.82) is 0 Å². The third kappa shape index (κ3) is 3.32. The van der Waals surface area contributed by atoms with Gasteiger partial charge in [-0.05, 0) is 21.0 Å². The van der Waals surface area contributed by atoms with Crippen LogP contribution in [-0.4, -0.2) is 61.7 Å². The summed E-state index contributed by atoms with van der Waals surface area (Å²) in [6.45, 7) is 2.02. The Kier molecular flexibility index (Phi) is 5.24. The number of hydroxylamine groups is 2. The second kappa shape index (κ2) is 7.15. The maximum absolute atomic E-state index is 12.0. The third-order valence-electron chi connectivity index (χ3n) is 3.02. The average molecular weight is 304 g/mol. The van der Waals surface area contributed by atoms with E-state index in [9.17, 15) is 4.79 Å². The number of amidine groups is 2. The Morgan fingerprint density at radius 2 is 2.00 bits per heavy atom. The summed E-state index contributed by atoms with van der Waals surface area (Å²) in [4.78, 5) is 27.9. The van der Waals surface area contributed by atoms with Crippen LogP contribution in [0.3, 0.4) is 0 Å². The zero-order valence-corrected chi connectivity index (χ0v) is 13.2. The highest BCUT2D eigenvalue weighted by molar-refractivity contribution is 6.38. The zero-order valence-electron chi connectivity index (χ0n) is 13.2. The van der Waals surface area contributed by atoms with E-state index < -0.39 is 12.3 Å². The van der Waals surface area contributed by atoms with E-state index in [1.807, 2.05) is 49.3 Å². The topological polar surface area (TPSA) is 66.7 Å². The van der Waals surface area contributed by atoms with Crippen LogP contribution in [0, 0.1) is 0 Å². The second-order valence-electron chi connectivity index (χ2n) is 4.79. The SMILES string of the molecule is CCOC(=O)C1=NC(N(C)C)N(OC)C(c2ccccc2)=N1. The fourth-order valence-corrected chi connectivity index (χ4v) is 2.03. The van der Waals surface area contributed by atoms with Crippen molar-refractivity contribution in [2.75, 3.05) is 27.8 Å². The van der Waals surface area contributed by atoms with Gasteiger partial charge in [0, 0.05) is 5.56 Å². The lowest BCUT2D eigenvalue weighted by atomic mass is 10.2. The summed E-state index contributed by atoms with van der Waals surface area (Å²) in [5, 5.41) is 1.55. The lowest BCUT2D eigenvalue weighted by Gasteiger charge is -2.35. The summed E-state index contributed by atoms with van der Waals surface area (Å²) >= 11 is 0. The molecular weight excluding hydrogens is 284 g/mol. The lowest BCUT2D eigenvalue weighted by molar-refractivity contribution is -0.138. The highest BCUT2D eigenvalue weighted by atomic mass is 16.7. The van der Waals surface area contributed by atoms with Gasteiger partial charge in [0.2, 0.25) is 12.1 Å². The molecule has 1 atom stereocenters. The quantitative estimate of drug-likeness (QED) is 0.763. The van der Waals surface area contributed by atoms with E-state index in [1.165, 1.54) is 0 Å². The molecule has 1 heterocycles. The maximum atomic E-state index is 12.0. The molecular formula is C15H20N4O3. The summed E-state index contributed by atoms with van der Waals surface area (Å²) in [7, 11) is 5.23. The minimum Gasteiger partial charge on any atom is -0.460 e. The monoisotopic (exact) mass is 304 g/mol. The second-order valence-corrected chi connectivity index (χ2v) is 4.79. The highest BCUT2D eigenvalue weighted by Crippen LogP contribution is 2.17. The molecule has 7 heteroatoms. The van der Waals surface area contributed by atoms with Crippen molar-refractivity contribution in [3.8, 4) is 0 Å². The molecule has 2 rings (SSSR count). The number of hydrogen-bond acceptors (Lipinski definition) is 7. The van der Waals surface area contributed by atoms with Crippen molar-refractivity contribution < 1.29 is 14.4 Å². The molecule has 0 aromatic heterocycles. The van der Waals surface area contributed by atoms with Gasteiger partial charge in [0.05, 0.1) is 13.7 Å². The number of nitrogens with zero attached hydrogens (tertiary/aromatic N) is 4. The van der Waals surface area contributed by atoms with E-state index in [0.29, 0.717) is 5.84 Å². The van der Waals surface area contributed by atoms with Gasteiger partial charge in [-0.3, -0.25) is 9.74 Å². The van der Waals surface area contributed by atoms with Crippen LogP contribution in [0.5, 0.6) is 0 Å². The maximum Gasteiger partial charge on any atom is 0.376 e. The van der Waals surface area contributed by atoms with E-state index in [0.717, 1.165) is 5.56 Å². The van der Waals surface area contributed by atoms with Crippen molar-refractivity contribution >= 4 is 17.6 Å². The molecule has 0 bridgehead atoms. The van der Waals surface area contributed by atoms with Gasteiger partial charge < -0.3 is 4.74 Å². The first-order chi connectivity index (χ1) is 10.6. The molecule has 1 unspecified atom stereocenters. The van der Waals surface area contributed by atoms with Gasteiger partial charge in [-0.15, -0.1) is 0 Å². The lowest BCUT2D eigenvalue weighted by Crippen LogP contribution is -2.50. The van der Waals surface area contributed by atoms with Crippen LogP contribution in [-0.2, 0) is 14.4 Å². The number of carbonyl (C=O) groups excluding carboxylic acids is 1. The zero-order chi connectivity index (χ0) is 16.1. The fourth-order valence-electron chi connectivity index (χ4n) is 2.03. The van der Waals surface area contributed by atoms with Crippen LogP contribution in [0.25, 0.3) is 0 Å². The standard InChI is InChI=1S/C15H20N4O3/c1-5-22-14(20)12-16-13(11-9-7-6-8-10-11)19(21-4)15(17-12)18(2)3/h6-10,15H,5H2,1-4H3. The Morgan fingerprint density at radius 1 is 1.32 bits per heavy atom. The van der Waals surface area contributed by atoms with E-state index in [-0.39, 0.29) is 12.4 Å². The molecule has 1 aromatic carbocycles. The number of benzene rings is 1. The predicted molar refractivity (Wildman–Crippen MR) is 83.4 cm³/mol. The number of ether oxygens (including phenoxy) is 1. The molecule has 1 aliphatic rings. The van der Waals surface area contributed by atoms with Crippen LogP contribution in [0.2, 0.25) is 0 Å². The molecule has 22 heavy (non-hydrogen) atoms. The number of aliphatic imine (C=N–C) groups is 2. The van der Waals surface area contributed by atoms with E-state index in [2.05, 4.69) is 9.98 Å². The van der Waals surface area contributed by atoms with Crippen LogP contribution < -0.4 is 0 Å². The summed E-state index contributed by atoms with van der Waals surface area (Å²) in [5.74, 6) is 0.00564. The van der Waals surface area contributed by atoms with Gasteiger partial charge in [0.25, 0.3) is 0 Å². The predicted octanol–water partition coefficient (Wildman–Crippen LogP) is 1.12. The summed E-state index contributed by atoms with van der Waals surface area (Å²) < 4.78 is 5.01. The largest absolute Gasteiger partial charge is 0.460 e. The Bertz CT molecular complexity index is 584. The summed E-state index contributed by atoms with van der Waals surface area (Å²) in [6.07, 6.45) is -0.503. The van der Waals surface area contributed by atoms with Gasteiger partial charge in [0.15, 0.2) is 5.84 Å². The van der Waals surface area contributed by atoms with Crippen LogP contribution in [0.1, 0.15) is 12.5 Å². The Balaban J connectivity index is 2.47. The normalized spacial score (nSPS) is 18.0. The fraction of sp³-hybridized carbons (Fsp3) is 0.400. The van der Waals surface area contributed by atoms with E-state index in [4.69, 9.17) is 9.57 Å². The summed E-state index contributed by atoms with van der Waals surface area (Å²) in [5.41, 5.74) is 0.827. The van der Waals surface area contributed by atoms with Gasteiger partial charge in [-0.2, -0.15) is 5.06 Å². The minimum absolute atomic E-state index is 0.0349. The van der Waals surface area contributed by atoms with Gasteiger partial charge in [0.1, 0.15) is 0 Å². The first-order valence-corrected chi connectivity index (χ1v) is 6.97. The number of esters is 1. The minimum atomic E-state index is -0.543. The molecule has 0 aliphatic carbocycles. The van der Waals surface area contributed by atoms with Crippen molar-refractivity contribution in [2.45, 2.75) is 13.2 Å². The average Bonchev–Trinajstić information content (AvgIpc) is 2.54. The van der Waals surface area contributed by atoms with Gasteiger partial charge in [-0.1, -0.05) is 30.3 Å². The molecule has 118 valence electrons. The molecule has 1 aromatic rings. The van der Waals surface area contributed by atoms with Crippen molar-refractivity contribution in [3.05, 3.63) is 35.9 Å². The number of carbonyl (C=O) groups is 1. The first kappa shape index (κ1) is 16.1. The molecule has 7 nitrogen and oxygen atoms in total. The molecule has 0 N–H and O–H groups in total. The molecule has 0 amide bonds. The molecule has 0 fully saturated rings. The van der Waals surface area contributed by atoms with E-state index >= 15 is 0 Å². The third-order valence-corrected chi connectivity index (χ3v) is 3.02. The van der Waals surface area contributed by atoms with Crippen LogP contribution in [0.4, 0.5) is 0 Å². The summed E-state index contributed by atoms with van der Waals surface area (Å²) in [6, 6.07) is 9.49. The smallest absolute Gasteiger partial charge is 0.376 e. The molecule has 0 radical (unpaired) electrons. The highest BCUT2D eigenvalue weighted by Gasteiger charge is 2.32. The molecule has 1 aliphatic heterocycles. The van der Waals surface area contributed by atoms with Crippen LogP contribution >= 0.6 is 0 Å². The van der Waals surface area contributed by atoms with Gasteiger partial charge in [-0.25, -0.2) is 14.8 Å². The Labute approximate surface area is 129 Å². The van der Waals surface area contributed by atoms with Crippen LogP contribution in [0.15, 0.2) is 40.3 Å². The number of rotatable bonds is 5. The van der Waals surface area contributed by atoms with Crippen molar-refractivity contribution in [3.63, 3.8) is 0 Å². The first-order valence-electron chi connectivity index (χ1n) is 6.97. The van der Waals surface area contributed by atoms with E-state index in [1.54, 1.807) is 19.1 Å². The molecule has 0 saturated carbocycles. The van der Waals surface area contributed by atoms with Crippen molar-refractivity contribution in [1.82, 2.24) is 9.96 Å². The molecule has 0 spiro atoms. The van der Waals surface area contributed by atoms with Gasteiger partial charge >= 0.3 is 5.97 Å². The molecule has 0 saturated heterocycles.